The molecule has 1 unspecified atom stereocenters. The van der Waals surface area contributed by atoms with Crippen molar-refractivity contribution in [3.8, 4) is 0 Å². The summed E-state index contributed by atoms with van der Waals surface area (Å²) in [6.45, 7) is 6.51. The molecule has 1 saturated heterocycles. The topological polar surface area (TPSA) is 34.3 Å². The molecule has 4 nitrogen and oxygen atoms in total. The lowest BCUT2D eigenvalue weighted by Gasteiger charge is -2.31. The molecular formula is C17H25N4S2+. The zero-order valence-corrected chi connectivity index (χ0v) is 15.5. The maximum Gasteiger partial charge on any atom is 0.209 e. The number of hydrogen-bond acceptors (Lipinski definition) is 4. The standard InChI is InChI=1S/C17H24N4S2/c1-3-15-6-4-5-11-20(15)12-21-17(22)23-16(19-21)18-14-9-7-13(2)8-10-14/h7-10,15H,3-6,11-12H2,1-2H3,(H,18,19)/p+1/t15-/m1/s1. The van der Waals surface area contributed by atoms with Gasteiger partial charge in [0.25, 0.3) is 0 Å². The first-order chi connectivity index (χ1) is 11.2. The van der Waals surface area contributed by atoms with Gasteiger partial charge < -0.3 is 10.2 Å². The van der Waals surface area contributed by atoms with Gasteiger partial charge in [0.15, 0.2) is 10.6 Å². The highest BCUT2D eigenvalue weighted by atomic mass is 32.1. The van der Waals surface area contributed by atoms with Gasteiger partial charge in [0.1, 0.15) is 0 Å². The van der Waals surface area contributed by atoms with E-state index in [0.717, 1.165) is 27.5 Å². The number of anilines is 2. The molecule has 0 spiro atoms. The van der Waals surface area contributed by atoms with Gasteiger partial charge in [-0.25, -0.2) is 0 Å². The van der Waals surface area contributed by atoms with Gasteiger partial charge >= 0.3 is 0 Å². The number of nitrogens with zero attached hydrogens (tertiary/aromatic N) is 2. The summed E-state index contributed by atoms with van der Waals surface area (Å²) in [4.78, 5) is 1.63. The first-order valence-electron chi connectivity index (χ1n) is 8.42. The normalized spacial score (nSPS) is 21.3. The number of hydrogen-bond donors (Lipinski definition) is 2. The van der Waals surface area contributed by atoms with E-state index in [1.165, 1.54) is 37.8 Å². The highest BCUT2D eigenvalue weighted by Gasteiger charge is 2.25. The second kappa shape index (κ2) is 7.55. The maximum absolute atomic E-state index is 5.52. The lowest BCUT2D eigenvalue weighted by molar-refractivity contribution is -0.953. The van der Waals surface area contributed by atoms with Crippen LogP contribution in [-0.4, -0.2) is 22.4 Å². The van der Waals surface area contributed by atoms with Crippen LogP contribution in [0.5, 0.6) is 0 Å². The van der Waals surface area contributed by atoms with E-state index in [1.54, 1.807) is 16.2 Å². The van der Waals surface area contributed by atoms with Crippen LogP contribution in [0, 0.1) is 10.9 Å². The summed E-state index contributed by atoms with van der Waals surface area (Å²) in [7, 11) is 0. The van der Waals surface area contributed by atoms with E-state index in [1.807, 2.05) is 4.68 Å². The first kappa shape index (κ1) is 16.6. The average molecular weight is 350 g/mol. The molecule has 1 aliphatic rings. The van der Waals surface area contributed by atoms with Crippen molar-refractivity contribution < 1.29 is 4.90 Å². The monoisotopic (exact) mass is 349 g/mol. The minimum absolute atomic E-state index is 0.751. The number of nitrogens with one attached hydrogen (secondary N) is 2. The summed E-state index contributed by atoms with van der Waals surface area (Å²) in [6, 6.07) is 9.10. The van der Waals surface area contributed by atoms with Gasteiger partial charge in [0.05, 0.1) is 12.6 Å². The van der Waals surface area contributed by atoms with Crippen molar-refractivity contribution in [3.05, 3.63) is 33.8 Å². The predicted octanol–water partition coefficient (Wildman–Crippen LogP) is 3.53. The zero-order valence-electron chi connectivity index (χ0n) is 13.8. The first-order valence-corrected chi connectivity index (χ1v) is 9.64. The van der Waals surface area contributed by atoms with E-state index in [9.17, 15) is 0 Å². The Bertz CT molecular complexity index is 689. The lowest BCUT2D eigenvalue weighted by Crippen LogP contribution is -3.15. The van der Waals surface area contributed by atoms with Gasteiger partial charge in [-0.1, -0.05) is 36.0 Å². The molecule has 6 heteroatoms. The Morgan fingerprint density at radius 3 is 2.87 bits per heavy atom. The van der Waals surface area contributed by atoms with Crippen molar-refractivity contribution in [1.82, 2.24) is 9.78 Å². The zero-order chi connectivity index (χ0) is 16.2. The molecule has 0 amide bonds. The van der Waals surface area contributed by atoms with E-state index >= 15 is 0 Å². The summed E-state index contributed by atoms with van der Waals surface area (Å²) in [6.07, 6.45) is 5.25. The van der Waals surface area contributed by atoms with E-state index < -0.39 is 0 Å². The van der Waals surface area contributed by atoms with Crippen LogP contribution in [0.4, 0.5) is 10.8 Å². The third-order valence-electron chi connectivity index (χ3n) is 4.63. The SMILES string of the molecule is CC[C@@H]1CCCC[NH+]1Cn1nc(Nc2ccc(C)cc2)sc1=S. The fraction of sp³-hybridized carbons (Fsp3) is 0.529. The third-order valence-corrected chi connectivity index (χ3v) is 5.86. The van der Waals surface area contributed by atoms with Crippen molar-refractivity contribution in [2.24, 2.45) is 0 Å². The van der Waals surface area contributed by atoms with E-state index in [-0.39, 0.29) is 0 Å². The number of rotatable bonds is 5. The molecule has 124 valence electrons. The Kier molecular flexibility index (Phi) is 5.46. The fourth-order valence-corrected chi connectivity index (χ4v) is 4.29. The number of benzene rings is 1. The summed E-state index contributed by atoms with van der Waals surface area (Å²) in [5, 5.41) is 8.93. The molecule has 2 aromatic rings. The summed E-state index contributed by atoms with van der Waals surface area (Å²) >= 11 is 7.07. The van der Waals surface area contributed by atoms with E-state index in [4.69, 9.17) is 12.2 Å². The quantitative estimate of drug-likeness (QED) is 0.811. The smallest absolute Gasteiger partial charge is 0.209 e. The third kappa shape index (κ3) is 4.19. The van der Waals surface area contributed by atoms with Gasteiger partial charge in [-0.05, 0) is 57.0 Å². The molecule has 2 atom stereocenters. The lowest BCUT2D eigenvalue weighted by atomic mass is 10.0. The molecule has 1 aromatic heterocycles. The summed E-state index contributed by atoms with van der Waals surface area (Å²) in [5.74, 6) is 0. The van der Waals surface area contributed by atoms with E-state index in [2.05, 4.69) is 48.5 Å². The van der Waals surface area contributed by atoms with Crippen molar-refractivity contribution in [2.75, 3.05) is 11.9 Å². The molecule has 0 bridgehead atoms. The molecular weight excluding hydrogens is 324 g/mol. The molecule has 0 aliphatic carbocycles. The van der Waals surface area contributed by atoms with Gasteiger partial charge in [0, 0.05) is 5.69 Å². The maximum atomic E-state index is 5.52. The van der Waals surface area contributed by atoms with E-state index in [0.29, 0.717) is 0 Å². The molecule has 1 aromatic carbocycles. The van der Waals surface area contributed by atoms with Crippen molar-refractivity contribution in [2.45, 2.75) is 52.2 Å². The largest absolute Gasteiger partial charge is 0.330 e. The Morgan fingerprint density at radius 2 is 2.13 bits per heavy atom. The van der Waals surface area contributed by atoms with Crippen molar-refractivity contribution in [1.29, 1.82) is 0 Å². The molecule has 0 radical (unpaired) electrons. The van der Waals surface area contributed by atoms with Crippen LogP contribution < -0.4 is 10.2 Å². The number of aromatic nitrogens is 2. The minimum Gasteiger partial charge on any atom is -0.330 e. The predicted molar refractivity (Wildman–Crippen MR) is 99.2 cm³/mol. The fourth-order valence-electron chi connectivity index (χ4n) is 3.26. The molecule has 1 fully saturated rings. The molecule has 23 heavy (non-hydrogen) atoms. The van der Waals surface area contributed by atoms with Crippen LogP contribution in [0.1, 0.15) is 38.2 Å². The van der Waals surface area contributed by atoms with Crippen molar-refractivity contribution >= 4 is 34.4 Å². The van der Waals surface area contributed by atoms with Crippen LogP contribution in [0.3, 0.4) is 0 Å². The summed E-state index contributed by atoms with van der Waals surface area (Å²) < 4.78 is 2.85. The number of likely N-dealkylation sites (tertiary alicyclic amines) is 1. The molecule has 2 N–H and O–H groups in total. The minimum atomic E-state index is 0.751. The van der Waals surface area contributed by atoms with Gasteiger partial charge in [0.2, 0.25) is 5.13 Å². The van der Waals surface area contributed by atoms with Gasteiger partial charge in [-0.3, -0.25) is 0 Å². The number of quaternary nitrogens is 1. The van der Waals surface area contributed by atoms with Crippen LogP contribution in [0.25, 0.3) is 0 Å². The van der Waals surface area contributed by atoms with Crippen LogP contribution >= 0.6 is 23.6 Å². The Balaban J connectivity index is 1.70. The summed E-state index contributed by atoms with van der Waals surface area (Å²) in [5.41, 5.74) is 2.32. The molecule has 3 rings (SSSR count). The highest BCUT2D eigenvalue weighted by molar-refractivity contribution is 7.73. The molecule has 2 heterocycles. The van der Waals surface area contributed by atoms with Gasteiger partial charge in [-0.2, -0.15) is 4.68 Å². The Hall–Kier alpha value is -1.24. The van der Waals surface area contributed by atoms with Crippen molar-refractivity contribution in [3.63, 3.8) is 0 Å². The molecule has 1 aliphatic heterocycles. The molecule has 0 saturated carbocycles. The second-order valence-electron chi connectivity index (χ2n) is 6.33. The Morgan fingerprint density at radius 1 is 1.35 bits per heavy atom. The average Bonchev–Trinajstić information content (AvgIpc) is 2.90. The second-order valence-corrected chi connectivity index (χ2v) is 7.95. The van der Waals surface area contributed by atoms with Crippen LogP contribution in [0.2, 0.25) is 0 Å². The number of aryl methyl sites for hydroxylation is 1. The van der Waals surface area contributed by atoms with Crippen LogP contribution in [0.15, 0.2) is 24.3 Å². The Labute approximate surface area is 147 Å². The van der Waals surface area contributed by atoms with Gasteiger partial charge in [-0.15, -0.1) is 5.10 Å². The number of piperidine rings is 1. The van der Waals surface area contributed by atoms with Crippen LogP contribution in [-0.2, 0) is 6.67 Å². The highest BCUT2D eigenvalue weighted by Crippen LogP contribution is 2.20.